The highest BCUT2D eigenvalue weighted by atomic mass is 16.6. The van der Waals surface area contributed by atoms with E-state index in [2.05, 4.69) is 5.32 Å². The number of methoxy groups -OCH3 is 1. The number of carbonyl (C=O) groups excluding carboxylic acids is 3. The van der Waals surface area contributed by atoms with Crippen molar-refractivity contribution < 1.29 is 28.6 Å². The number of carbonyl (C=O) groups is 3. The fraction of sp³-hybridized carbons (Fsp3) is 0.375. The van der Waals surface area contributed by atoms with E-state index in [1.165, 1.54) is 0 Å². The molecule has 2 aromatic carbocycles. The van der Waals surface area contributed by atoms with Gasteiger partial charge in [0.25, 0.3) is 0 Å². The smallest absolute Gasteiger partial charge is 0.408 e. The number of nitrogens with one attached hydrogen (secondary N) is 1. The molecule has 1 N–H and O–H groups in total. The van der Waals surface area contributed by atoms with Crippen molar-refractivity contribution >= 4 is 17.8 Å². The molecular formula is C24H29NO6. The number of esters is 1. The minimum atomic E-state index is -0.982. The highest BCUT2D eigenvalue weighted by molar-refractivity contribution is 5.96. The lowest BCUT2D eigenvalue weighted by molar-refractivity contribution is -0.147. The Balaban J connectivity index is 1.95. The molecule has 0 saturated carbocycles. The summed E-state index contributed by atoms with van der Waals surface area (Å²) in [4.78, 5) is 37.2. The van der Waals surface area contributed by atoms with Crippen LogP contribution in [0.15, 0.2) is 54.6 Å². The second-order valence-electron chi connectivity index (χ2n) is 7.47. The molecule has 0 heterocycles. The Labute approximate surface area is 182 Å². The van der Waals surface area contributed by atoms with Crippen molar-refractivity contribution in [3.8, 4) is 5.75 Å². The standard InChI is InChI=1S/C24H29NO6/c1-17(2)15-30-23(27)21(25-24(28)31-16-18-7-5-4-6-8-18)13-14-22(26)19-9-11-20(29-3)12-10-19/h4-12,17,21H,13-16H2,1-3H3,(H,25,28). The van der Waals surface area contributed by atoms with Crippen LogP contribution in [-0.4, -0.2) is 37.6 Å². The molecular weight excluding hydrogens is 398 g/mol. The third kappa shape index (κ3) is 8.50. The van der Waals surface area contributed by atoms with Gasteiger partial charge < -0.3 is 19.5 Å². The van der Waals surface area contributed by atoms with Gasteiger partial charge in [-0.05, 0) is 42.2 Å². The maximum atomic E-state index is 12.5. The highest BCUT2D eigenvalue weighted by Crippen LogP contribution is 2.14. The topological polar surface area (TPSA) is 90.9 Å². The van der Waals surface area contributed by atoms with Gasteiger partial charge in [0.2, 0.25) is 0 Å². The molecule has 0 spiro atoms. The van der Waals surface area contributed by atoms with E-state index in [1.54, 1.807) is 31.4 Å². The molecule has 0 aromatic heterocycles. The summed E-state index contributed by atoms with van der Waals surface area (Å²) < 4.78 is 15.5. The summed E-state index contributed by atoms with van der Waals surface area (Å²) in [6.45, 7) is 4.13. The largest absolute Gasteiger partial charge is 0.497 e. The Morgan fingerprint density at radius 2 is 1.61 bits per heavy atom. The zero-order valence-electron chi connectivity index (χ0n) is 18.1. The van der Waals surface area contributed by atoms with Gasteiger partial charge in [0, 0.05) is 12.0 Å². The molecule has 1 amide bonds. The number of amides is 1. The zero-order valence-corrected chi connectivity index (χ0v) is 18.1. The average Bonchev–Trinajstić information content (AvgIpc) is 2.79. The minimum Gasteiger partial charge on any atom is -0.497 e. The van der Waals surface area contributed by atoms with Crippen LogP contribution in [-0.2, 0) is 20.9 Å². The van der Waals surface area contributed by atoms with Crippen LogP contribution in [0.3, 0.4) is 0 Å². The summed E-state index contributed by atoms with van der Waals surface area (Å²) in [7, 11) is 1.55. The number of benzene rings is 2. The van der Waals surface area contributed by atoms with Crippen LogP contribution in [0, 0.1) is 5.92 Å². The van der Waals surface area contributed by atoms with Crippen molar-refractivity contribution in [2.75, 3.05) is 13.7 Å². The first kappa shape index (κ1) is 23.9. The lowest BCUT2D eigenvalue weighted by Crippen LogP contribution is -2.42. The second-order valence-corrected chi connectivity index (χ2v) is 7.47. The first-order chi connectivity index (χ1) is 14.9. The van der Waals surface area contributed by atoms with Gasteiger partial charge >= 0.3 is 12.1 Å². The van der Waals surface area contributed by atoms with E-state index in [0.717, 1.165) is 5.56 Å². The van der Waals surface area contributed by atoms with Gasteiger partial charge in [-0.15, -0.1) is 0 Å². The molecule has 166 valence electrons. The van der Waals surface area contributed by atoms with Crippen LogP contribution in [0.25, 0.3) is 0 Å². The number of hydrogen-bond acceptors (Lipinski definition) is 6. The first-order valence-corrected chi connectivity index (χ1v) is 10.2. The van der Waals surface area contributed by atoms with Crippen LogP contribution < -0.4 is 10.1 Å². The summed E-state index contributed by atoms with van der Waals surface area (Å²) in [5.74, 6) is 0.0572. The van der Waals surface area contributed by atoms with Crippen LogP contribution in [0.2, 0.25) is 0 Å². The summed E-state index contributed by atoms with van der Waals surface area (Å²) in [6, 6.07) is 14.9. The van der Waals surface area contributed by atoms with E-state index in [1.807, 2.05) is 44.2 Å². The molecule has 0 aliphatic rings. The maximum absolute atomic E-state index is 12.5. The van der Waals surface area contributed by atoms with Crippen molar-refractivity contribution in [2.45, 2.75) is 39.3 Å². The number of ketones is 1. The van der Waals surface area contributed by atoms with Crippen LogP contribution >= 0.6 is 0 Å². The van der Waals surface area contributed by atoms with E-state index in [0.29, 0.717) is 11.3 Å². The van der Waals surface area contributed by atoms with Gasteiger partial charge in [-0.25, -0.2) is 9.59 Å². The lowest BCUT2D eigenvalue weighted by atomic mass is 10.0. The van der Waals surface area contributed by atoms with Crippen LogP contribution in [0.1, 0.15) is 42.6 Å². The normalized spacial score (nSPS) is 11.5. The lowest BCUT2D eigenvalue weighted by Gasteiger charge is -2.18. The fourth-order valence-electron chi connectivity index (χ4n) is 2.70. The van der Waals surface area contributed by atoms with Gasteiger partial charge in [0.05, 0.1) is 13.7 Å². The number of rotatable bonds is 11. The van der Waals surface area contributed by atoms with Crippen molar-refractivity contribution in [1.82, 2.24) is 5.32 Å². The quantitative estimate of drug-likeness (QED) is 0.428. The van der Waals surface area contributed by atoms with Gasteiger partial charge in [-0.3, -0.25) is 4.79 Å². The van der Waals surface area contributed by atoms with Gasteiger partial charge in [-0.2, -0.15) is 0 Å². The molecule has 2 aromatic rings. The maximum Gasteiger partial charge on any atom is 0.408 e. The molecule has 1 unspecified atom stereocenters. The molecule has 0 bridgehead atoms. The summed E-state index contributed by atoms with van der Waals surface area (Å²) in [6.07, 6.45) is -0.582. The molecule has 0 aliphatic heterocycles. The summed E-state index contributed by atoms with van der Waals surface area (Å²) in [5, 5.41) is 2.53. The fourth-order valence-corrected chi connectivity index (χ4v) is 2.70. The third-order valence-electron chi connectivity index (χ3n) is 4.42. The van der Waals surface area contributed by atoms with E-state index in [9.17, 15) is 14.4 Å². The van der Waals surface area contributed by atoms with E-state index in [4.69, 9.17) is 14.2 Å². The Morgan fingerprint density at radius 3 is 2.23 bits per heavy atom. The Morgan fingerprint density at radius 1 is 0.935 bits per heavy atom. The molecule has 0 fully saturated rings. The number of Topliss-reactive ketones (excluding diaryl/α,β-unsaturated/α-hetero) is 1. The van der Waals surface area contributed by atoms with Crippen molar-refractivity contribution in [3.63, 3.8) is 0 Å². The molecule has 1 atom stereocenters. The summed E-state index contributed by atoms with van der Waals surface area (Å²) >= 11 is 0. The summed E-state index contributed by atoms with van der Waals surface area (Å²) in [5.41, 5.74) is 1.33. The van der Waals surface area contributed by atoms with Gasteiger partial charge in [0.15, 0.2) is 5.78 Å². The Bertz CT molecular complexity index is 848. The van der Waals surface area contributed by atoms with Gasteiger partial charge in [0.1, 0.15) is 18.4 Å². The van der Waals surface area contributed by atoms with E-state index in [-0.39, 0.29) is 37.8 Å². The monoisotopic (exact) mass is 427 g/mol. The van der Waals surface area contributed by atoms with Crippen molar-refractivity contribution in [2.24, 2.45) is 5.92 Å². The second kappa shape index (κ2) is 12.4. The van der Waals surface area contributed by atoms with Crippen LogP contribution in [0.4, 0.5) is 4.79 Å². The zero-order chi connectivity index (χ0) is 22.6. The van der Waals surface area contributed by atoms with E-state index < -0.39 is 18.1 Å². The van der Waals surface area contributed by atoms with E-state index >= 15 is 0 Å². The third-order valence-corrected chi connectivity index (χ3v) is 4.42. The Hall–Kier alpha value is -3.35. The molecule has 0 radical (unpaired) electrons. The molecule has 7 nitrogen and oxygen atoms in total. The number of hydrogen-bond donors (Lipinski definition) is 1. The number of alkyl carbamates (subject to hydrolysis) is 1. The predicted molar refractivity (Wildman–Crippen MR) is 116 cm³/mol. The predicted octanol–water partition coefficient (Wildman–Crippen LogP) is 4.15. The van der Waals surface area contributed by atoms with Crippen LogP contribution in [0.5, 0.6) is 5.75 Å². The molecule has 2 rings (SSSR count). The molecule has 7 heteroatoms. The van der Waals surface area contributed by atoms with Gasteiger partial charge in [-0.1, -0.05) is 44.2 Å². The SMILES string of the molecule is COc1ccc(C(=O)CCC(NC(=O)OCc2ccccc2)C(=O)OCC(C)C)cc1. The Kier molecular flexibility index (Phi) is 9.55. The number of ether oxygens (including phenoxy) is 3. The molecule has 31 heavy (non-hydrogen) atoms. The first-order valence-electron chi connectivity index (χ1n) is 10.2. The average molecular weight is 427 g/mol. The van der Waals surface area contributed by atoms with Crippen molar-refractivity contribution in [3.05, 3.63) is 65.7 Å². The molecule has 0 aliphatic carbocycles. The highest BCUT2D eigenvalue weighted by Gasteiger charge is 2.24. The minimum absolute atomic E-state index is 0.0622. The van der Waals surface area contributed by atoms with Crippen molar-refractivity contribution in [1.29, 1.82) is 0 Å². The molecule has 0 saturated heterocycles.